The minimum atomic E-state index is -0.0350. The summed E-state index contributed by atoms with van der Waals surface area (Å²) in [4.78, 5) is 14.1. The van der Waals surface area contributed by atoms with Gasteiger partial charge in [0.05, 0.1) is 17.4 Å². The zero-order valence-corrected chi connectivity index (χ0v) is 11.5. The van der Waals surface area contributed by atoms with Gasteiger partial charge >= 0.3 is 0 Å². The standard InChI is InChI=1S/C14H21N3O2/c1-10-5-6-13(16-15)12(8-10)14(18)17(2)9-11-4-3-7-19-11/h5-6,8,11,16H,3-4,7,9,15H2,1-2H3. The lowest BCUT2D eigenvalue weighted by molar-refractivity contribution is 0.0587. The van der Waals surface area contributed by atoms with Crippen LogP contribution in [0.2, 0.25) is 0 Å². The van der Waals surface area contributed by atoms with E-state index in [0.717, 1.165) is 25.0 Å². The molecule has 0 aliphatic carbocycles. The molecule has 1 aromatic carbocycles. The van der Waals surface area contributed by atoms with Gasteiger partial charge in [-0.1, -0.05) is 11.6 Å². The Morgan fingerprint density at radius 1 is 1.58 bits per heavy atom. The molecule has 1 aromatic rings. The van der Waals surface area contributed by atoms with Crippen molar-refractivity contribution in [3.05, 3.63) is 29.3 Å². The van der Waals surface area contributed by atoms with Gasteiger partial charge in [-0.05, 0) is 31.9 Å². The Kier molecular flexibility index (Phi) is 4.39. The van der Waals surface area contributed by atoms with Crippen LogP contribution in [-0.2, 0) is 4.74 Å². The third kappa shape index (κ3) is 3.24. The zero-order valence-electron chi connectivity index (χ0n) is 11.5. The number of nitrogen functional groups attached to an aromatic ring is 1. The van der Waals surface area contributed by atoms with E-state index in [2.05, 4.69) is 5.43 Å². The highest BCUT2D eigenvalue weighted by Gasteiger charge is 2.22. The second-order valence-electron chi connectivity index (χ2n) is 5.01. The van der Waals surface area contributed by atoms with E-state index in [-0.39, 0.29) is 12.0 Å². The Morgan fingerprint density at radius 2 is 2.37 bits per heavy atom. The molecular formula is C14H21N3O2. The fourth-order valence-corrected chi connectivity index (χ4v) is 2.34. The third-order valence-electron chi connectivity index (χ3n) is 3.41. The number of carbonyl (C=O) groups is 1. The maximum atomic E-state index is 12.4. The van der Waals surface area contributed by atoms with Crippen LogP contribution in [0.25, 0.3) is 0 Å². The molecule has 0 spiro atoms. The molecule has 0 saturated carbocycles. The van der Waals surface area contributed by atoms with Crippen LogP contribution in [0.5, 0.6) is 0 Å². The Balaban J connectivity index is 2.11. The Hall–Kier alpha value is -1.59. The average molecular weight is 263 g/mol. The van der Waals surface area contributed by atoms with Gasteiger partial charge in [0.1, 0.15) is 0 Å². The van der Waals surface area contributed by atoms with Gasteiger partial charge in [0.2, 0.25) is 0 Å². The first kappa shape index (κ1) is 13.8. The maximum Gasteiger partial charge on any atom is 0.255 e. The summed E-state index contributed by atoms with van der Waals surface area (Å²) in [5.74, 6) is 5.42. The molecule has 1 aliphatic heterocycles. The van der Waals surface area contributed by atoms with Crippen LogP contribution < -0.4 is 11.3 Å². The fourth-order valence-electron chi connectivity index (χ4n) is 2.34. The molecule has 3 N–H and O–H groups in total. The van der Waals surface area contributed by atoms with Crippen molar-refractivity contribution in [3.8, 4) is 0 Å². The fraction of sp³-hybridized carbons (Fsp3) is 0.500. The van der Waals surface area contributed by atoms with Crippen LogP contribution >= 0.6 is 0 Å². The topological polar surface area (TPSA) is 67.6 Å². The predicted octanol–water partition coefficient (Wildman–Crippen LogP) is 1.53. The lowest BCUT2D eigenvalue weighted by Crippen LogP contribution is -2.34. The Labute approximate surface area is 113 Å². The number of nitrogens with two attached hydrogens (primary N) is 1. The van der Waals surface area contributed by atoms with E-state index in [1.165, 1.54) is 0 Å². The summed E-state index contributed by atoms with van der Waals surface area (Å²) in [5, 5.41) is 0. The number of amides is 1. The summed E-state index contributed by atoms with van der Waals surface area (Å²) in [6.45, 7) is 3.38. The number of benzene rings is 1. The molecule has 0 aromatic heterocycles. The second-order valence-corrected chi connectivity index (χ2v) is 5.01. The Bertz CT molecular complexity index is 456. The van der Waals surface area contributed by atoms with Crippen molar-refractivity contribution in [1.82, 2.24) is 4.90 Å². The highest BCUT2D eigenvalue weighted by atomic mass is 16.5. The first-order valence-electron chi connectivity index (χ1n) is 6.56. The van der Waals surface area contributed by atoms with Crippen LogP contribution in [-0.4, -0.2) is 37.1 Å². The molecule has 1 aliphatic rings. The van der Waals surface area contributed by atoms with Gasteiger partial charge in [0.25, 0.3) is 5.91 Å². The van der Waals surface area contributed by atoms with Gasteiger partial charge in [-0.2, -0.15) is 0 Å². The van der Waals surface area contributed by atoms with E-state index in [1.807, 2.05) is 25.1 Å². The van der Waals surface area contributed by atoms with E-state index in [1.54, 1.807) is 11.9 Å². The lowest BCUT2D eigenvalue weighted by Gasteiger charge is -2.22. The van der Waals surface area contributed by atoms with Gasteiger partial charge in [0.15, 0.2) is 0 Å². The number of hydrogen-bond acceptors (Lipinski definition) is 4. The number of hydrogen-bond donors (Lipinski definition) is 2. The van der Waals surface area contributed by atoms with E-state index in [4.69, 9.17) is 10.6 Å². The lowest BCUT2D eigenvalue weighted by atomic mass is 10.1. The van der Waals surface area contributed by atoms with Crippen molar-refractivity contribution in [2.45, 2.75) is 25.9 Å². The smallest absolute Gasteiger partial charge is 0.255 e. The normalized spacial score (nSPS) is 18.4. The van der Waals surface area contributed by atoms with Gasteiger partial charge in [-0.3, -0.25) is 10.6 Å². The van der Waals surface area contributed by atoms with E-state index in [0.29, 0.717) is 17.8 Å². The summed E-state index contributed by atoms with van der Waals surface area (Å²) in [6, 6.07) is 5.60. The largest absolute Gasteiger partial charge is 0.376 e. The van der Waals surface area contributed by atoms with Gasteiger partial charge in [-0.25, -0.2) is 0 Å². The molecule has 1 heterocycles. The van der Waals surface area contributed by atoms with Crippen LogP contribution in [0.4, 0.5) is 5.69 Å². The van der Waals surface area contributed by atoms with E-state index >= 15 is 0 Å². The van der Waals surface area contributed by atoms with Crippen molar-refractivity contribution in [1.29, 1.82) is 0 Å². The molecule has 19 heavy (non-hydrogen) atoms. The van der Waals surface area contributed by atoms with Crippen LogP contribution in [0.1, 0.15) is 28.8 Å². The number of anilines is 1. The molecule has 1 amide bonds. The minimum absolute atomic E-state index is 0.0350. The molecule has 1 fully saturated rings. The number of rotatable bonds is 4. The molecule has 0 radical (unpaired) electrons. The number of hydrazine groups is 1. The zero-order chi connectivity index (χ0) is 13.8. The monoisotopic (exact) mass is 263 g/mol. The number of aryl methyl sites for hydroxylation is 1. The second kappa shape index (κ2) is 6.04. The number of nitrogens with zero attached hydrogens (tertiary/aromatic N) is 1. The van der Waals surface area contributed by atoms with Crippen molar-refractivity contribution in [2.24, 2.45) is 5.84 Å². The molecule has 5 heteroatoms. The third-order valence-corrected chi connectivity index (χ3v) is 3.41. The highest BCUT2D eigenvalue weighted by Crippen LogP contribution is 2.19. The first-order valence-corrected chi connectivity index (χ1v) is 6.56. The molecule has 5 nitrogen and oxygen atoms in total. The summed E-state index contributed by atoms with van der Waals surface area (Å²) < 4.78 is 5.56. The van der Waals surface area contributed by atoms with Crippen molar-refractivity contribution >= 4 is 11.6 Å². The van der Waals surface area contributed by atoms with Gasteiger partial charge < -0.3 is 15.1 Å². The molecule has 1 unspecified atom stereocenters. The quantitative estimate of drug-likeness (QED) is 0.638. The molecular weight excluding hydrogens is 242 g/mol. The van der Waals surface area contributed by atoms with Gasteiger partial charge in [-0.15, -0.1) is 0 Å². The molecule has 1 saturated heterocycles. The van der Waals surface area contributed by atoms with Crippen LogP contribution in [0.15, 0.2) is 18.2 Å². The first-order chi connectivity index (χ1) is 9.11. The van der Waals surface area contributed by atoms with Crippen molar-refractivity contribution in [3.63, 3.8) is 0 Å². The van der Waals surface area contributed by atoms with Crippen molar-refractivity contribution in [2.75, 3.05) is 25.6 Å². The molecule has 1 atom stereocenters. The molecule has 0 bridgehead atoms. The van der Waals surface area contributed by atoms with Crippen LogP contribution in [0.3, 0.4) is 0 Å². The number of nitrogens with one attached hydrogen (secondary N) is 1. The van der Waals surface area contributed by atoms with Gasteiger partial charge in [0, 0.05) is 20.2 Å². The van der Waals surface area contributed by atoms with E-state index in [9.17, 15) is 4.79 Å². The summed E-state index contributed by atoms with van der Waals surface area (Å²) in [5.41, 5.74) is 4.86. The van der Waals surface area contributed by atoms with E-state index < -0.39 is 0 Å². The molecule has 2 rings (SSSR count). The molecule has 104 valence electrons. The predicted molar refractivity (Wildman–Crippen MR) is 74.9 cm³/mol. The highest BCUT2D eigenvalue weighted by molar-refractivity contribution is 5.99. The number of ether oxygens (including phenoxy) is 1. The summed E-state index contributed by atoms with van der Waals surface area (Å²) >= 11 is 0. The minimum Gasteiger partial charge on any atom is -0.376 e. The Morgan fingerprint density at radius 3 is 3.00 bits per heavy atom. The summed E-state index contributed by atoms with van der Waals surface area (Å²) in [7, 11) is 1.80. The summed E-state index contributed by atoms with van der Waals surface area (Å²) in [6.07, 6.45) is 2.26. The maximum absolute atomic E-state index is 12.4. The van der Waals surface area contributed by atoms with Crippen LogP contribution in [0, 0.1) is 6.92 Å². The number of carbonyl (C=O) groups excluding carboxylic acids is 1. The van der Waals surface area contributed by atoms with Crippen molar-refractivity contribution < 1.29 is 9.53 Å². The average Bonchev–Trinajstić information content (AvgIpc) is 2.90. The SMILES string of the molecule is Cc1ccc(NN)c(C(=O)N(C)CC2CCCO2)c1. The number of likely N-dealkylation sites (N-methyl/N-ethyl adjacent to an activating group) is 1.